The van der Waals surface area contributed by atoms with Gasteiger partial charge in [0, 0.05) is 25.4 Å². The molecule has 4 nitrogen and oxygen atoms in total. The fraction of sp³-hybridized carbons (Fsp3) is 0.500. The molecular weight excluding hydrogens is 266 g/mol. The van der Waals surface area contributed by atoms with Gasteiger partial charge in [-0.3, -0.25) is 0 Å². The summed E-state index contributed by atoms with van der Waals surface area (Å²) in [6, 6.07) is 5.11. The van der Waals surface area contributed by atoms with Crippen molar-refractivity contribution in [2.24, 2.45) is 0 Å². The van der Waals surface area contributed by atoms with Gasteiger partial charge < -0.3 is 14.7 Å². The van der Waals surface area contributed by atoms with Gasteiger partial charge in [-0.25, -0.2) is 4.79 Å². The van der Waals surface area contributed by atoms with Gasteiger partial charge in [0.2, 0.25) is 0 Å². The number of benzene rings is 1. The molecule has 1 aliphatic heterocycles. The van der Waals surface area contributed by atoms with Crippen LogP contribution in [0.1, 0.15) is 30.1 Å². The van der Waals surface area contributed by atoms with Crippen LogP contribution in [0, 0.1) is 0 Å². The molecule has 1 fully saturated rings. The molecule has 0 atom stereocenters. The first-order valence-electron chi connectivity index (χ1n) is 6.51. The number of carbonyl (C=O) groups is 1. The lowest BCUT2D eigenvalue weighted by Gasteiger charge is -2.33. The van der Waals surface area contributed by atoms with Crippen molar-refractivity contribution in [1.82, 2.24) is 0 Å². The van der Waals surface area contributed by atoms with E-state index in [-0.39, 0.29) is 10.6 Å². The molecule has 0 amide bonds. The zero-order valence-corrected chi connectivity index (χ0v) is 11.7. The minimum Gasteiger partial charge on any atom is -0.478 e. The van der Waals surface area contributed by atoms with E-state index in [4.69, 9.17) is 21.4 Å². The molecule has 0 spiro atoms. The van der Waals surface area contributed by atoms with Crippen LogP contribution < -0.4 is 4.90 Å². The summed E-state index contributed by atoms with van der Waals surface area (Å²) in [5.74, 6) is -0.994. The van der Waals surface area contributed by atoms with Gasteiger partial charge in [0.25, 0.3) is 0 Å². The number of piperidine rings is 1. The molecule has 1 heterocycles. The summed E-state index contributed by atoms with van der Waals surface area (Å²) in [7, 11) is 0. The van der Waals surface area contributed by atoms with Crippen LogP contribution >= 0.6 is 11.6 Å². The van der Waals surface area contributed by atoms with E-state index in [1.807, 2.05) is 13.0 Å². The predicted molar refractivity (Wildman–Crippen MR) is 75.3 cm³/mol. The molecule has 0 unspecified atom stereocenters. The third-order valence-electron chi connectivity index (χ3n) is 3.39. The molecule has 1 N–H and O–H groups in total. The molecule has 1 saturated heterocycles. The predicted octanol–water partition coefficient (Wildman–Crippen LogP) is 3.04. The summed E-state index contributed by atoms with van der Waals surface area (Å²) in [4.78, 5) is 13.1. The SMILES string of the molecule is CCOC1CCN(c2ccc(C(=O)O)c(Cl)c2)CC1. The lowest BCUT2D eigenvalue weighted by Crippen LogP contribution is -2.37. The minimum atomic E-state index is -0.994. The highest BCUT2D eigenvalue weighted by atomic mass is 35.5. The van der Waals surface area contributed by atoms with Gasteiger partial charge in [-0.15, -0.1) is 0 Å². The molecule has 1 aliphatic rings. The molecule has 19 heavy (non-hydrogen) atoms. The Balaban J connectivity index is 2.04. The van der Waals surface area contributed by atoms with E-state index in [0.29, 0.717) is 6.10 Å². The Kier molecular flexibility index (Phi) is 4.66. The summed E-state index contributed by atoms with van der Waals surface area (Å²) in [5, 5.41) is 9.23. The van der Waals surface area contributed by atoms with Crippen LogP contribution in [-0.4, -0.2) is 36.9 Å². The second kappa shape index (κ2) is 6.26. The molecule has 0 bridgehead atoms. The summed E-state index contributed by atoms with van der Waals surface area (Å²) in [5.41, 5.74) is 1.12. The summed E-state index contributed by atoms with van der Waals surface area (Å²) >= 11 is 5.99. The Morgan fingerprint density at radius 1 is 1.47 bits per heavy atom. The van der Waals surface area contributed by atoms with E-state index in [0.717, 1.165) is 38.2 Å². The van der Waals surface area contributed by atoms with E-state index < -0.39 is 5.97 Å². The molecule has 5 heteroatoms. The normalized spacial score (nSPS) is 16.6. The van der Waals surface area contributed by atoms with Crippen molar-refractivity contribution < 1.29 is 14.6 Å². The van der Waals surface area contributed by atoms with Gasteiger partial charge >= 0.3 is 5.97 Å². The smallest absolute Gasteiger partial charge is 0.337 e. The summed E-state index contributed by atoms with van der Waals surface area (Å²) < 4.78 is 5.61. The average molecular weight is 284 g/mol. The molecular formula is C14H18ClNO3. The monoisotopic (exact) mass is 283 g/mol. The fourth-order valence-corrected chi connectivity index (χ4v) is 2.65. The molecule has 1 aromatic carbocycles. The Morgan fingerprint density at radius 2 is 2.16 bits per heavy atom. The third kappa shape index (κ3) is 3.39. The number of nitrogens with zero attached hydrogens (tertiary/aromatic N) is 1. The highest BCUT2D eigenvalue weighted by Gasteiger charge is 2.20. The van der Waals surface area contributed by atoms with Crippen molar-refractivity contribution in [3.8, 4) is 0 Å². The zero-order chi connectivity index (χ0) is 13.8. The number of halogens is 1. The van der Waals surface area contributed by atoms with Crippen molar-refractivity contribution >= 4 is 23.3 Å². The highest BCUT2D eigenvalue weighted by molar-refractivity contribution is 6.33. The van der Waals surface area contributed by atoms with Crippen LogP contribution in [0.5, 0.6) is 0 Å². The Hall–Kier alpha value is -1.26. The van der Waals surface area contributed by atoms with E-state index in [2.05, 4.69) is 4.90 Å². The number of hydrogen-bond donors (Lipinski definition) is 1. The number of carboxylic acid groups (broad SMARTS) is 1. The maximum atomic E-state index is 10.9. The first kappa shape index (κ1) is 14.2. The van der Waals surface area contributed by atoms with Crippen molar-refractivity contribution in [2.75, 3.05) is 24.6 Å². The van der Waals surface area contributed by atoms with Crippen LogP contribution in [0.3, 0.4) is 0 Å². The summed E-state index contributed by atoms with van der Waals surface area (Å²) in [6.07, 6.45) is 2.33. The largest absolute Gasteiger partial charge is 0.478 e. The molecule has 1 aromatic rings. The number of anilines is 1. The lowest BCUT2D eigenvalue weighted by molar-refractivity contribution is 0.0459. The standard InChI is InChI=1S/C14H18ClNO3/c1-2-19-11-5-7-16(8-6-11)10-3-4-12(14(17)18)13(15)9-10/h3-4,9,11H,2,5-8H2,1H3,(H,17,18). The number of aromatic carboxylic acids is 1. The second-order valence-corrected chi connectivity index (χ2v) is 5.02. The second-order valence-electron chi connectivity index (χ2n) is 4.61. The highest BCUT2D eigenvalue weighted by Crippen LogP contribution is 2.26. The van der Waals surface area contributed by atoms with E-state index in [1.165, 1.54) is 0 Å². The van der Waals surface area contributed by atoms with E-state index >= 15 is 0 Å². The van der Waals surface area contributed by atoms with Crippen LogP contribution in [0.25, 0.3) is 0 Å². The average Bonchev–Trinajstić information content (AvgIpc) is 2.39. The van der Waals surface area contributed by atoms with Gasteiger partial charge in [0.1, 0.15) is 0 Å². The van der Waals surface area contributed by atoms with Crippen LogP contribution in [0.15, 0.2) is 18.2 Å². The number of carboxylic acids is 1. The molecule has 104 valence electrons. The van der Waals surface area contributed by atoms with Gasteiger partial charge in [0.15, 0.2) is 0 Å². The number of hydrogen-bond acceptors (Lipinski definition) is 3. The van der Waals surface area contributed by atoms with Crippen molar-refractivity contribution in [3.05, 3.63) is 28.8 Å². The number of ether oxygens (including phenoxy) is 1. The van der Waals surface area contributed by atoms with Crippen LogP contribution in [0.2, 0.25) is 5.02 Å². The van der Waals surface area contributed by atoms with Crippen molar-refractivity contribution in [1.29, 1.82) is 0 Å². The van der Waals surface area contributed by atoms with Crippen molar-refractivity contribution in [2.45, 2.75) is 25.9 Å². The Labute approximate surface area is 117 Å². The topological polar surface area (TPSA) is 49.8 Å². The molecule has 2 rings (SSSR count). The van der Waals surface area contributed by atoms with Gasteiger partial charge in [-0.05, 0) is 38.0 Å². The Morgan fingerprint density at radius 3 is 2.68 bits per heavy atom. The van der Waals surface area contributed by atoms with Crippen molar-refractivity contribution in [3.63, 3.8) is 0 Å². The lowest BCUT2D eigenvalue weighted by atomic mass is 10.1. The molecule has 0 saturated carbocycles. The first-order valence-corrected chi connectivity index (χ1v) is 6.89. The van der Waals surface area contributed by atoms with Crippen LogP contribution in [0.4, 0.5) is 5.69 Å². The Bertz CT molecular complexity index is 456. The number of rotatable bonds is 4. The fourth-order valence-electron chi connectivity index (χ4n) is 2.39. The third-order valence-corrected chi connectivity index (χ3v) is 3.71. The molecule has 0 radical (unpaired) electrons. The molecule has 0 aromatic heterocycles. The summed E-state index contributed by atoms with van der Waals surface area (Å²) in [6.45, 7) is 4.58. The first-order chi connectivity index (χ1) is 9.11. The minimum absolute atomic E-state index is 0.148. The van der Waals surface area contributed by atoms with Gasteiger partial charge in [-0.2, -0.15) is 0 Å². The van der Waals surface area contributed by atoms with E-state index in [9.17, 15) is 4.79 Å². The molecule has 0 aliphatic carbocycles. The van der Waals surface area contributed by atoms with Gasteiger partial charge in [-0.1, -0.05) is 11.6 Å². The maximum absolute atomic E-state index is 10.9. The zero-order valence-electron chi connectivity index (χ0n) is 10.9. The van der Waals surface area contributed by atoms with Gasteiger partial charge in [0.05, 0.1) is 16.7 Å². The quantitative estimate of drug-likeness (QED) is 0.923. The van der Waals surface area contributed by atoms with Crippen LogP contribution in [-0.2, 0) is 4.74 Å². The maximum Gasteiger partial charge on any atom is 0.337 e. The van der Waals surface area contributed by atoms with E-state index in [1.54, 1.807) is 12.1 Å².